The van der Waals surface area contributed by atoms with E-state index < -0.39 is 0 Å². The fourth-order valence-electron chi connectivity index (χ4n) is 1.54. The smallest absolute Gasteiger partial charge is 0.231 e. The molecule has 1 atom stereocenters. The number of likely N-dealkylation sites (N-methyl/N-ethyl adjacent to an activating group) is 1. The number of nitrogens with zero attached hydrogens (tertiary/aromatic N) is 1. The van der Waals surface area contributed by atoms with E-state index >= 15 is 0 Å². The van der Waals surface area contributed by atoms with Gasteiger partial charge in [-0.15, -0.1) is 0 Å². The largest absolute Gasteiger partial charge is 0.344 e. The normalized spacial score (nSPS) is 21.5. The summed E-state index contributed by atoms with van der Waals surface area (Å²) in [5, 5.41) is 0. The maximum absolute atomic E-state index is 12.6. The molecule has 1 aromatic rings. The lowest BCUT2D eigenvalue weighted by Gasteiger charge is -2.35. The van der Waals surface area contributed by atoms with Gasteiger partial charge in [-0.3, -0.25) is 4.79 Å². The number of rotatable bonds is 1. The molecule has 0 aliphatic carbocycles. The summed E-state index contributed by atoms with van der Waals surface area (Å²) in [4.78, 5) is 12.9. The van der Waals surface area contributed by atoms with Gasteiger partial charge in [0.15, 0.2) is 0 Å². The Morgan fingerprint density at radius 1 is 1.38 bits per heavy atom. The van der Waals surface area contributed by atoms with Gasteiger partial charge in [-0.25, -0.2) is 4.39 Å². The Balaban J connectivity index is 2.19. The zero-order chi connectivity index (χ0) is 9.42. The summed E-state index contributed by atoms with van der Waals surface area (Å²) >= 11 is 0. The summed E-state index contributed by atoms with van der Waals surface area (Å²) < 4.78 is 12.6. The van der Waals surface area contributed by atoms with Gasteiger partial charge in [-0.2, -0.15) is 0 Å². The molecule has 1 amide bonds. The predicted molar refractivity (Wildman–Crippen MR) is 46.8 cm³/mol. The summed E-state index contributed by atoms with van der Waals surface area (Å²) in [5.41, 5.74) is 0.907. The molecule has 0 bridgehead atoms. The molecular formula is C10H10FNO. The number of amides is 1. The zero-order valence-electron chi connectivity index (χ0n) is 7.33. The first-order valence-corrected chi connectivity index (χ1v) is 4.19. The molecule has 13 heavy (non-hydrogen) atoms. The highest BCUT2D eigenvalue weighted by molar-refractivity contribution is 5.89. The van der Waals surface area contributed by atoms with Crippen LogP contribution in [0.2, 0.25) is 0 Å². The first kappa shape index (κ1) is 8.23. The molecule has 1 aromatic carbocycles. The molecule has 0 N–H and O–H groups in total. The van der Waals surface area contributed by atoms with Crippen molar-refractivity contribution >= 4 is 5.91 Å². The van der Waals surface area contributed by atoms with E-state index in [2.05, 4.69) is 0 Å². The lowest BCUT2D eigenvalue weighted by atomic mass is 9.91. The number of carbonyl (C=O) groups excluding carboxylic acids is 1. The predicted octanol–water partition coefficient (Wildman–Crippen LogP) is 1.38. The van der Waals surface area contributed by atoms with Crippen molar-refractivity contribution in [2.45, 2.75) is 5.92 Å². The van der Waals surface area contributed by atoms with Gasteiger partial charge in [-0.05, 0) is 17.7 Å². The van der Waals surface area contributed by atoms with Gasteiger partial charge in [0, 0.05) is 13.6 Å². The molecule has 2 nitrogen and oxygen atoms in total. The number of hydrogen-bond acceptors (Lipinski definition) is 1. The minimum Gasteiger partial charge on any atom is -0.344 e. The van der Waals surface area contributed by atoms with E-state index in [1.807, 2.05) is 0 Å². The Hall–Kier alpha value is -1.38. The Labute approximate surface area is 76.0 Å². The maximum atomic E-state index is 12.6. The third kappa shape index (κ3) is 1.30. The second-order valence-electron chi connectivity index (χ2n) is 3.32. The van der Waals surface area contributed by atoms with Crippen molar-refractivity contribution in [3.05, 3.63) is 35.6 Å². The van der Waals surface area contributed by atoms with Crippen molar-refractivity contribution in [3.63, 3.8) is 0 Å². The van der Waals surface area contributed by atoms with Crippen LogP contribution in [0.4, 0.5) is 4.39 Å². The SMILES string of the molecule is CN1CC(c2ccc(F)cc2)C1=O. The molecule has 68 valence electrons. The Bertz CT molecular complexity index is 333. The van der Waals surface area contributed by atoms with Gasteiger partial charge in [0.2, 0.25) is 5.91 Å². The fourth-order valence-corrected chi connectivity index (χ4v) is 1.54. The lowest BCUT2D eigenvalue weighted by Crippen LogP contribution is -2.47. The minimum absolute atomic E-state index is 0.0504. The Kier molecular flexibility index (Phi) is 1.79. The van der Waals surface area contributed by atoms with E-state index in [0.717, 1.165) is 12.1 Å². The summed E-state index contributed by atoms with van der Waals surface area (Å²) in [6.07, 6.45) is 0. The van der Waals surface area contributed by atoms with E-state index in [1.165, 1.54) is 12.1 Å². The number of halogens is 1. The van der Waals surface area contributed by atoms with E-state index in [0.29, 0.717) is 0 Å². The lowest BCUT2D eigenvalue weighted by molar-refractivity contribution is -0.140. The first-order chi connectivity index (χ1) is 6.18. The Morgan fingerprint density at radius 3 is 2.46 bits per heavy atom. The van der Waals surface area contributed by atoms with Crippen LogP contribution in [0, 0.1) is 5.82 Å². The van der Waals surface area contributed by atoms with E-state index in [9.17, 15) is 9.18 Å². The second-order valence-corrected chi connectivity index (χ2v) is 3.32. The highest BCUT2D eigenvalue weighted by atomic mass is 19.1. The molecule has 1 fully saturated rings. The molecule has 3 heteroatoms. The molecule has 0 spiro atoms. The van der Waals surface area contributed by atoms with Gasteiger partial charge < -0.3 is 4.90 Å². The first-order valence-electron chi connectivity index (χ1n) is 4.19. The fraction of sp³-hybridized carbons (Fsp3) is 0.300. The average molecular weight is 179 g/mol. The number of hydrogen-bond donors (Lipinski definition) is 0. The van der Waals surface area contributed by atoms with Crippen molar-refractivity contribution < 1.29 is 9.18 Å². The molecule has 1 aliphatic heterocycles. The van der Waals surface area contributed by atoms with E-state index in [-0.39, 0.29) is 17.6 Å². The van der Waals surface area contributed by atoms with Crippen LogP contribution >= 0.6 is 0 Å². The summed E-state index contributed by atoms with van der Waals surface area (Å²) in [6, 6.07) is 6.12. The Morgan fingerprint density at radius 2 is 2.00 bits per heavy atom. The third-order valence-corrected chi connectivity index (χ3v) is 2.40. The van der Waals surface area contributed by atoms with Gasteiger partial charge in [-0.1, -0.05) is 12.1 Å². The molecule has 1 heterocycles. The van der Waals surface area contributed by atoms with Crippen molar-refractivity contribution in [1.29, 1.82) is 0 Å². The molecule has 0 radical (unpaired) electrons. The van der Waals surface area contributed by atoms with E-state index in [4.69, 9.17) is 0 Å². The maximum Gasteiger partial charge on any atom is 0.231 e. The van der Waals surface area contributed by atoms with Crippen LogP contribution in [0.5, 0.6) is 0 Å². The van der Waals surface area contributed by atoms with Crippen LogP contribution in [0.1, 0.15) is 11.5 Å². The van der Waals surface area contributed by atoms with Gasteiger partial charge >= 0.3 is 0 Å². The van der Waals surface area contributed by atoms with Crippen LogP contribution in [0.25, 0.3) is 0 Å². The topological polar surface area (TPSA) is 20.3 Å². The standard InChI is InChI=1S/C10H10FNO/c1-12-6-9(10(12)13)7-2-4-8(11)5-3-7/h2-5,9H,6H2,1H3. The van der Waals surface area contributed by atoms with Gasteiger partial charge in [0.1, 0.15) is 5.82 Å². The van der Waals surface area contributed by atoms with Crippen LogP contribution in [0.3, 0.4) is 0 Å². The van der Waals surface area contributed by atoms with Crippen LogP contribution in [-0.4, -0.2) is 24.4 Å². The number of carbonyl (C=O) groups is 1. The number of likely N-dealkylation sites (tertiary alicyclic amines) is 1. The van der Waals surface area contributed by atoms with Gasteiger partial charge in [0.25, 0.3) is 0 Å². The molecule has 0 saturated carbocycles. The van der Waals surface area contributed by atoms with Crippen molar-refractivity contribution in [2.75, 3.05) is 13.6 Å². The zero-order valence-corrected chi connectivity index (χ0v) is 7.33. The van der Waals surface area contributed by atoms with Crippen LogP contribution in [0.15, 0.2) is 24.3 Å². The van der Waals surface area contributed by atoms with Crippen molar-refractivity contribution in [1.82, 2.24) is 4.90 Å². The molecule has 1 aliphatic rings. The number of benzene rings is 1. The third-order valence-electron chi connectivity index (χ3n) is 2.40. The highest BCUT2D eigenvalue weighted by Gasteiger charge is 2.34. The second kappa shape index (κ2) is 2.83. The summed E-state index contributed by atoms with van der Waals surface area (Å²) in [5.74, 6) is -0.193. The summed E-state index contributed by atoms with van der Waals surface area (Å²) in [6.45, 7) is 0.741. The van der Waals surface area contributed by atoms with Gasteiger partial charge in [0.05, 0.1) is 5.92 Å². The molecule has 0 aromatic heterocycles. The quantitative estimate of drug-likeness (QED) is 0.596. The van der Waals surface area contributed by atoms with Crippen LogP contribution < -0.4 is 0 Å². The molecule has 1 unspecified atom stereocenters. The monoisotopic (exact) mass is 179 g/mol. The average Bonchev–Trinajstić information content (AvgIpc) is 2.15. The van der Waals surface area contributed by atoms with Crippen molar-refractivity contribution in [2.24, 2.45) is 0 Å². The van der Waals surface area contributed by atoms with Crippen LogP contribution in [-0.2, 0) is 4.79 Å². The van der Waals surface area contributed by atoms with Crippen molar-refractivity contribution in [3.8, 4) is 0 Å². The highest BCUT2D eigenvalue weighted by Crippen LogP contribution is 2.26. The summed E-state index contributed by atoms with van der Waals surface area (Å²) in [7, 11) is 1.77. The molecule has 1 saturated heterocycles. The molecule has 2 rings (SSSR count). The minimum atomic E-state index is -0.260. The number of β-lactam (4-membered cyclic amide) rings is 1. The molecular weight excluding hydrogens is 169 g/mol. The van der Waals surface area contributed by atoms with E-state index in [1.54, 1.807) is 24.1 Å².